The molecule has 0 spiro atoms. The minimum Gasteiger partial charge on any atom is -0.376 e. The molecule has 3 fully saturated rings. The third-order valence-electron chi connectivity index (χ3n) is 13.1. The number of benzene rings is 3. The molecule has 0 saturated carbocycles. The Hall–Kier alpha value is -5.87. The van der Waals surface area contributed by atoms with Gasteiger partial charge in [0.1, 0.15) is 24.2 Å². The van der Waals surface area contributed by atoms with Crippen LogP contribution in [0.1, 0.15) is 108 Å². The number of imide groups is 1. The molecule has 8 rings (SSSR count). The van der Waals surface area contributed by atoms with E-state index in [0.29, 0.717) is 48.2 Å². The number of nitrogens with one attached hydrogen (secondary N) is 2. The van der Waals surface area contributed by atoms with E-state index in [2.05, 4.69) is 22.5 Å². The molecule has 0 radical (unpaired) electrons. The Bertz CT molecular complexity index is 2820. The number of piperidine rings is 1. The first-order valence-corrected chi connectivity index (χ1v) is 25.6. The fourth-order valence-electron chi connectivity index (χ4n) is 9.28. The van der Waals surface area contributed by atoms with Crippen molar-refractivity contribution in [1.29, 1.82) is 0 Å². The molecule has 4 aliphatic rings. The number of fused-ring (bicyclic) bond motifs is 2. The number of morpholine rings is 1. The van der Waals surface area contributed by atoms with E-state index in [0.717, 1.165) is 34.6 Å². The number of nitrogens with zero attached hydrogens (tertiary/aromatic N) is 3. The third kappa shape index (κ3) is 10.7. The van der Waals surface area contributed by atoms with Crippen LogP contribution in [0, 0.1) is 17.3 Å². The van der Waals surface area contributed by atoms with Crippen molar-refractivity contribution >= 4 is 64.5 Å². The van der Waals surface area contributed by atoms with E-state index in [1.54, 1.807) is 37.8 Å². The second-order valence-corrected chi connectivity index (χ2v) is 21.7. The normalized spacial score (nSPS) is 21.3. The first kappa shape index (κ1) is 50.5. The molecule has 4 aliphatic heterocycles. The summed E-state index contributed by atoms with van der Waals surface area (Å²) in [6.07, 6.45) is 1.52. The monoisotopic (exact) mass is 1000 g/mol. The summed E-state index contributed by atoms with van der Waals surface area (Å²) in [6.45, 7) is 6.77. The van der Waals surface area contributed by atoms with Crippen LogP contribution in [-0.4, -0.2) is 117 Å². The SMILES string of the molecule is CC(C)(C)C(NC(=O)c1cc2cc(C(F)(F)P(=O)(O)O)ccc2s1)C(=O)N1C[C@@H](OCCCCC#Cc2cccc3c2CN(C2CCC(=O)NC2=O)C3=O)C[C@H]1C(=O)N1CCO[C@H](c2ccccc2)C1. The average molecular weight is 1000 g/mol. The van der Waals surface area contributed by atoms with Crippen molar-refractivity contribution in [3.8, 4) is 11.8 Å². The second kappa shape index (κ2) is 20.5. The molecule has 5 heterocycles. The number of hydrogen-bond donors (Lipinski definition) is 4. The zero-order valence-corrected chi connectivity index (χ0v) is 40.5. The molecule has 0 aliphatic carbocycles. The smallest absolute Gasteiger partial charge is 0.376 e. The summed E-state index contributed by atoms with van der Waals surface area (Å²) in [5.41, 5.74) is -3.40. The maximum atomic E-state index is 14.8. The Balaban J connectivity index is 0.934. The lowest BCUT2D eigenvalue weighted by Crippen LogP contribution is -2.58. The topological polar surface area (TPSA) is 212 Å². The van der Waals surface area contributed by atoms with Gasteiger partial charge in [0.15, 0.2) is 0 Å². The van der Waals surface area contributed by atoms with Gasteiger partial charge in [-0.15, -0.1) is 11.3 Å². The summed E-state index contributed by atoms with van der Waals surface area (Å²) in [5, 5.41) is 5.32. The quantitative estimate of drug-likeness (QED) is 0.0541. The van der Waals surface area contributed by atoms with Gasteiger partial charge in [0.05, 0.1) is 24.1 Å². The highest BCUT2D eigenvalue weighted by atomic mass is 32.1. The van der Waals surface area contributed by atoms with Gasteiger partial charge in [-0.25, -0.2) is 0 Å². The zero-order chi connectivity index (χ0) is 50.1. The van der Waals surface area contributed by atoms with E-state index in [1.807, 2.05) is 36.4 Å². The van der Waals surface area contributed by atoms with Gasteiger partial charge >= 0.3 is 13.3 Å². The number of alkyl halides is 2. The van der Waals surface area contributed by atoms with Crippen molar-refractivity contribution in [2.75, 3.05) is 32.8 Å². The molecule has 0 bridgehead atoms. The van der Waals surface area contributed by atoms with Crippen molar-refractivity contribution in [2.24, 2.45) is 5.41 Å². The van der Waals surface area contributed by atoms with Crippen LogP contribution < -0.4 is 10.6 Å². The van der Waals surface area contributed by atoms with Crippen LogP contribution in [0.5, 0.6) is 0 Å². The summed E-state index contributed by atoms with van der Waals surface area (Å²) in [4.78, 5) is 104. The molecule has 5 atom stereocenters. The second-order valence-electron chi connectivity index (χ2n) is 19.0. The van der Waals surface area contributed by atoms with E-state index in [-0.39, 0.29) is 79.6 Å². The Morgan fingerprint density at radius 2 is 1.79 bits per heavy atom. The van der Waals surface area contributed by atoms with Gasteiger partial charge in [-0.3, -0.25) is 38.6 Å². The fourth-order valence-corrected chi connectivity index (χ4v) is 10.7. The maximum Gasteiger partial charge on any atom is 0.399 e. The Labute approximate surface area is 407 Å². The first-order chi connectivity index (χ1) is 33.2. The van der Waals surface area contributed by atoms with Crippen LogP contribution in [0.4, 0.5) is 8.78 Å². The van der Waals surface area contributed by atoms with Gasteiger partial charge in [0.2, 0.25) is 23.6 Å². The summed E-state index contributed by atoms with van der Waals surface area (Å²) >= 11 is 0.965. The Kier molecular flexibility index (Phi) is 14.8. The standard InChI is InChI=1S/C50H54F2N5O11PS/c1-49(2,3)43(54-45(60)41-25-32-24-33(17-19-40(32)70-41)50(51,52)69(64,65)66)48(63)56-27-34(26-38(56)47(62)55-21-23-68-39(29-55)31-13-8-6-9-14-31)67-22-10-5-4-7-12-30-15-11-16-35-36(30)28-57(46(35)61)37-18-20-42(58)53-44(37)59/h6,8-9,11,13-17,19,24-25,34,37-39,43H,4-5,10,18,20-23,26-29H2,1-3H3,(H,54,60)(H,53,58,59)(H2,64,65,66)/t34-,37?,38-,39-,43?/m0/s1. The van der Waals surface area contributed by atoms with E-state index in [9.17, 15) is 51.9 Å². The largest absolute Gasteiger partial charge is 0.399 e. The molecule has 2 unspecified atom stereocenters. The molecular weight excluding hydrogens is 948 g/mol. The lowest BCUT2D eigenvalue weighted by Gasteiger charge is -2.38. The van der Waals surface area contributed by atoms with Gasteiger partial charge in [-0.05, 0) is 71.5 Å². The molecule has 4 N–H and O–H groups in total. The molecule has 370 valence electrons. The highest BCUT2D eigenvalue weighted by Gasteiger charge is 2.51. The number of halogens is 2. The van der Waals surface area contributed by atoms with Crippen molar-refractivity contribution in [2.45, 2.75) is 102 Å². The average Bonchev–Trinajstić information content (AvgIpc) is 4.05. The van der Waals surface area contributed by atoms with Crippen LogP contribution in [0.2, 0.25) is 0 Å². The highest BCUT2D eigenvalue weighted by Crippen LogP contribution is 2.59. The molecule has 3 aromatic carbocycles. The zero-order valence-electron chi connectivity index (χ0n) is 38.8. The molecule has 70 heavy (non-hydrogen) atoms. The summed E-state index contributed by atoms with van der Waals surface area (Å²) < 4.78 is 53.5. The molecule has 4 aromatic rings. The maximum absolute atomic E-state index is 14.8. The van der Waals surface area contributed by atoms with Crippen molar-refractivity contribution in [3.63, 3.8) is 0 Å². The van der Waals surface area contributed by atoms with Gasteiger partial charge in [0.25, 0.3) is 11.8 Å². The van der Waals surface area contributed by atoms with Crippen LogP contribution in [0.15, 0.2) is 72.8 Å². The van der Waals surface area contributed by atoms with Crippen LogP contribution >= 0.6 is 18.9 Å². The first-order valence-electron chi connectivity index (χ1n) is 23.1. The lowest BCUT2D eigenvalue weighted by molar-refractivity contribution is -0.150. The van der Waals surface area contributed by atoms with E-state index >= 15 is 0 Å². The highest BCUT2D eigenvalue weighted by molar-refractivity contribution is 7.52. The molecular formula is C50H54F2N5O11PS. The molecule has 16 nitrogen and oxygen atoms in total. The number of hydrogen-bond acceptors (Lipinski definition) is 10. The Morgan fingerprint density at radius 1 is 1.01 bits per heavy atom. The summed E-state index contributed by atoms with van der Waals surface area (Å²) in [7, 11) is -5.84. The third-order valence-corrected chi connectivity index (χ3v) is 15.2. The molecule has 1 aromatic heterocycles. The number of thiophene rings is 1. The van der Waals surface area contributed by atoms with Crippen LogP contribution in [0.25, 0.3) is 10.1 Å². The number of carbonyl (C=O) groups excluding carboxylic acids is 6. The van der Waals surface area contributed by atoms with E-state index in [4.69, 9.17) is 9.47 Å². The van der Waals surface area contributed by atoms with Crippen LogP contribution in [0.3, 0.4) is 0 Å². The van der Waals surface area contributed by atoms with Gasteiger partial charge in [-0.2, -0.15) is 8.78 Å². The number of rotatable bonds is 13. The van der Waals surface area contributed by atoms with Crippen molar-refractivity contribution in [3.05, 3.63) is 105 Å². The summed E-state index contributed by atoms with van der Waals surface area (Å²) in [5.74, 6) is 3.81. The number of unbranched alkanes of at least 4 members (excludes halogenated alkanes) is 2. The minimum absolute atomic E-state index is 0.0665. The predicted molar refractivity (Wildman–Crippen MR) is 253 cm³/mol. The predicted octanol–water partition coefficient (Wildman–Crippen LogP) is 5.84. The molecule has 20 heteroatoms. The van der Waals surface area contributed by atoms with Crippen molar-refractivity contribution < 1.29 is 61.4 Å². The number of likely N-dealkylation sites (tertiary alicyclic amines) is 1. The molecule has 3 saturated heterocycles. The lowest BCUT2D eigenvalue weighted by atomic mass is 9.85. The summed E-state index contributed by atoms with van der Waals surface area (Å²) in [6, 6.07) is 16.4. The van der Waals surface area contributed by atoms with Crippen LogP contribution in [-0.2, 0) is 45.4 Å². The minimum atomic E-state index is -5.84. The number of ether oxygens (including phenoxy) is 2. The molecule has 6 amide bonds. The fraction of sp³-hybridized carbons (Fsp3) is 0.440. The van der Waals surface area contributed by atoms with Crippen molar-refractivity contribution in [1.82, 2.24) is 25.3 Å². The van der Waals surface area contributed by atoms with Gasteiger partial charge in [-0.1, -0.05) is 75.1 Å². The Morgan fingerprint density at radius 3 is 2.51 bits per heavy atom. The van der Waals surface area contributed by atoms with E-state index < -0.39 is 66.2 Å². The van der Waals surface area contributed by atoms with Gasteiger partial charge in [0, 0.05) is 66.9 Å². The number of amides is 6. The van der Waals surface area contributed by atoms with Gasteiger partial charge < -0.3 is 39.3 Å². The van der Waals surface area contributed by atoms with E-state index in [1.165, 1.54) is 21.9 Å². The number of carbonyl (C=O) groups is 6.